The van der Waals surface area contributed by atoms with E-state index in [9.17, 15) is 9.00 Å². The third kappa shape index (κ3) is 6.17. The van der Waals surface area contributed by atoms with Crippen molar-refractivity contribution in [2.75, 3.05) is 31.6 Å². The van der Waals surface area contributed by atoms with Gasteiger partial charge in [-0.05, 0) is 19.8 Å². The van der Waals surface area contributed by atoms with Crippen LogP contribution in [-0.4, -0.2) is 52.7 Å². The molecule has 1 N–H and O–H groups in total. The summed E-state index contributed by atoms with van der Waals surface area (Å²) < 4.78 is 11.0. The van der Waals surface area contributed by atoms with Crippen molar-refractivity contribution < 1.29 is 9.00 Å². The molecule has 0 aromatic heterocycles. The molecule has 1 amide bonds. The highest BCUT2D eigenvalue weighted by Crippen LogP contribution is 2.09. The molecule has 1 aliphatic heterocycles. The number of nitrogens with zero attached hydrogens (tertiary/aromatic N) is 1. The maximum atomic E-state index is 11.9. The summed E-state index contributed by atoms with van der Waals surface area (Å²) in [5.74, 6) is 0.786. The lowest BCUT2D eigenvalue weighted by Crippen LogP contribution is -2.42. The molecule has 1 fully saturated rings. The van der Waals surface area contributed by atoms with E-state index in [-0.39, 0.29) is 11.9 Å². The Kier molecular flexibility index (Phi) is 6.73. The Balaban J connectivity index is 2.25. The summed E-state index contributed by atoms with van der Waals surface area (Å²) in [6, 6.07) is 0.136. The van der Waals surface area contributed by atoms with Crippen molar-refractivity contribution in [2.24, 2.45) is 0 Å². The Morgan fingerprint density at radius 1 is 1.29 bits per heavy atom. The Bertz CT molecular complexity index is 263. The van der Waals surface area contributed by atoms with Crippen molar-refractivity contribution >= 4 is 16.7 Å². The van der Waals surface area contributed by atoms with Gasteiger partial charge in [-0.3, -0.25) is 9.00 Å². The van der Waals surface area contributed by atoms with Gasteiger partial charge in [0.25, 0.3) is 0 Å². The summed E-state index contributed by atoms with van der Waals surface area (Å²) in [7, 11) is -0.805. The zero-order chi connectivity index (χ0) is 12.7. The molecule has 0 radical (unpaired) electrons. The third-order valence-corrected chi connectivity index (χ3v) is 4.01. The second-order valence-electron chi connectivity index (χ2n) is 4.82. The van der Waals surface area contributed by atoms with E-state index in [4.69, 9.17) is 0 Å². The fraction of sp³-hybridized carbons (Fsp3) is 0.917. The molecule has 2 unspecified atom stereocenters. The van der Waals surface area contributed by atoms with Gasteiger partial charge >= 0.3 is 0 Å². The van der Waals surface area contributed by atoms with Crippen molar-refractivity contribution in [3.8, 4) is 0 Å². The molecular formula is C12H24N2O2S. The Hall–Kier alpha value is -0.420. The second-order valence-corrected chi connectivity index (χ2v) is 6.30. The lowest BCUT2D eigenvalue weighted by molar-refractivity contribution is -0.130. The lowest BCUT2D eigenvalue weighted by atomic mass is 10.2. The van der Waals surface area contributed by atoms with Crippen LogP contribution in [0.2, 0.25) is 0 Å². The largest absolute Gasteiger partial charge is 0.342 e. The number of likely N-dealkylation sites (tertiary alicyclic amines) is 1. The minimum atomic E-state index is -0.805. The van der Waals surface area contributed by atoms with Crippen molar-refractivity contribution in [2.45, 2.75) is 38.6 Å². The van der Waals surface area contributed by atoms with Crippen molar-refractivity contribution in [3.05, 3.63) is 0 Å². The minimum Gasteiger partial charge on any atom is -0.342 e. The monoisotopic (exact) mass is 260 g/mol. The number of nitrogens with one attached hydrogen (secondary N) is 1. The molecule has 1 heterocycles. The van der Waals surface area contributed by atoms with Crippen LogP contribution in [0, 0.1) is 0 Å². The highest BCUT2D eigenvalue weighted by molar-refractivity contribution is 7.84. The molecule has 0 aromatic carbocycles. The number of carbonyl (C=O) groups excluding carboxylic acids is 1. The zero-order valence-corrected chi connectivity index (χ0v) is 11.7. The van der Waals surface area contributed by atoms with E-state index in [1.54, 1.807) is 6.26 Å². The first-order valence-electron chi connectivity index (χ1n) is 6.41. The van der Waals surface area contributed by atoms with Crippen molar-refractivity contribution in [1.82, 2.24) is 10.2 Å². The van der Waals surface area contributed by atoms with Crippen LogP contribution < -0.4 is 5.32 Å². The van der Waals surface area contributed by atoms with Gasteiger partial charge in [0.1, 0.15) is 0 Å². The third-order valence-electron chi connectivity index (χ3n) is 3.05. The maximum Gasteiger partial charge on any atom is 0.236 e. The van der Waals surface area contributed by atoms with Crippen LogP contribution in [0.5, 0.6) is 0 Å². The molecule has 1 aliphatic rings. The van der Waals surface area contributed by atoms with Gasteiger partial charge in [-0.15, -0.1) is 0 Å². The van der Waals surface area contributed by atoms with Gasteiger partial charge in [0, 0.05) is 41.9 Å². The van der Waals surface area contributed by atoms with E-state index in [0.717, 1.165) is 25.9 Å². The van der Waals surface area contributed by atoms with Crippen molar-refractivity contribution in [1.29, 1.82) is 0 Å². The average Bonchev–Trinajstić information content (AvgIpc) is 2.53. The van der Waals surface area contributed by atoms with Gasteiger partial charge in [-0.2, -0.15) is 0 Å². The van der Waals surface area contributed by atoms with Crippen LogP contribution >= 0.6 is 0 Å². The molecule has 5 heteroatoms. The lowest BCUT2D eigenvalue weighted by Gasteiger charge is -2.21. The normalized spacial score (nSPS) is 20.7. The second kappa shape index (κ2) is 7.82. The Labute approximate surface area is 107 Å². The van der Waals surface area contributed by atoms with Crippen LogP contribution in [0.15, 0.2) is 0 Å². The van der Waals surface area contributed by atoms with Crippen LogP contribution in [0.3, 0.4) is 0 Å². The van der Waals surface area contributed by atoms with Crippen molar-refractivity contribution in [3.63, 3.8) is 0 Å². The fourth-order valence-electron chi connectivity index (χ4n) is 2.10. The topological polar surface area (TPSA) is 49.4 Å². The van der Waals surface area contributed by atoms with Gasteiger partial charge in [0.15, 0.2) is 0 Å². The highest BCUT2D eigenvalue weighted by Gasteiger charge is 2.15. The van der Waals surface area contributed by atoms with Crippen LogP contribution in [0.25, 0.3) is 0 Å². The summed E-state index contributed by atoms with van der Waals surface area (Å²) in [4.78, 5) is 13.9. The van der Waals surface area contributed by atoms with Gasteiger partial charge in [-0.25, -0.2) is 0 Å². The molecule has 4 nitrogen and oxygen atoms in total. The summed E-state index contributed by atoms with van der Waals surface area (Å²) in [6.07, 6.45) is 6.42. The predicted molar refractivity (Wildman–Crippen MR) is 71.4 cm³/mol. The predicted octanol–water partition coefficient (Wildman–Crippen LogP) is 0.746. The SMILES string of the molecule is CC(CS(C)=O)NCC(=O)N1CCCCCC1. The zero-order valence-electron chi connectivity index (χ0n) is 10.9. The quantitative estimate of drug-likeness (QED) is 0.793. The number of carbonyl (C=O) groups is 1. The number of hydrogen-bond acceptors (Lipinski definition) is 3. The minimum absolute atomic E-state index is 0.136. The molecule has 17 heavy (non-hydrogen) atoms. The summed E-state index contributed by atoms with van der Waals surface area (Å²) in [5.41, 5.74) is 0. The van der Waals surface area contributed by atoms with E-state index in [2.05, 4.69) is 5.32 Å². The summed E-state index contributed by atoms with van der Waals surface area (Å²) in [6.45, 7) is 4.14. The molecule has 0 spiro atoms. The molecule has 0 bridgehead atoms. The molecule has 2 atom stereocenters. The van der Waals surface area contributed by atoms with E-state index in [1.807, 2.05) is 11.8 Å². The molecule has 100 valence electrons. The number of amides is 1. The molecule has 1 saturated heterocycles. The molecular weight excluding hydrogens is 236 g/mol. The Morgan fingerprint density at radius 3 is 2.41 bits per heavy atom. The molecule has 1 rings (SSSR count). The van der Waals surface area contributed by atoms with E-state index in [0.29, 0.717) is 12.3 Å². The van der Waals surface area contributed by atoms with Gasteiger partial charge in [0.2, 0.25) is 5.91 Å². The summed E-state index contributed by atoms with van der Waals surface area (Å²) >= 11 is 0. The Morgan fingerprint density at radius 2 is 1.88 bits per heavy atom. The summed E-state index contributed by atoms with van der Waals surface area (Å²) in [5, 5.41) is 3.15. The van der Waals surface area contributed by atoms with Gasteiger partial charge in [0.05, 0.1) is 6.54 Å². The first-order chi connectivity index (χ1) is 8.09. The average molecular weight is 260 g/mol. The van der Waals surface area contributed by atoms with E-state index >= 15 is 0 Å². The number of rotatable bonds is 5. The first kappa shape index (κ1) is 14.6. The smallest absolute Gasteiger partial charge is 0.236 e. The van der Waals surface area contributed by atoms with E-state index < -0.39 is 10.8 Å². The highest BCUT2D eigenvalue weighted by atomic mass is 32.2. The van der Waals surface area contributed by atoms with E-state index in [1.165, 1.54) is 12.8 Å². The van der Waals surface area contributed by atoms with Gasteiger partial charge < -0.3 is 10.2 Å². The maximum absolute atomic E-state index is 11.9. The molecule has 0 saturated carbocycles. The van der Waals surface area contributed by atoms with Crippen LogP contribution in [0.4, 0.5) is 0 Å². The fourth-order valence-corrected chi connectivity index (χ4v) is 2.93. The van der Waals surface area contributed by atoms with Crippen LogP contribution in [-0.2, 0) is 15.6 Å². The molecule has 0 aliphatic carbocycles. The molecule has 0 aromatic rings. The first-order valence-corrected chi connectivity index (χ1v) is 8.13. The van der Waals surface area contributed by atoms with Gasteiger partial charge in [-0.1, -0.05) is 12.8 Å². The number of hydrogen-bond donors (Lipinski definition) is 1. The van der Waals surface area contributed by atoms with Crippen LogP contribution in [0.1, 0.15) is 32.6 Å². The standard InChI is InChI=1S/C12H24N2O2S/c1-11(10-17(2)16)13-9-12(15)14-7-5-3-4-6-8-14/h11,13H,3-10H2,1-2H3.